The van der Waals surface area contributed by atoms with E-state index in [4.69, 9.17) is 4.74 Å². The van der Waals surface area contributed by atoms with Gasteiger partial charge in [-0.25, -0.2) is 0 Å². The third-order valence-corrected chi connectivity index (χ3v) is 5.28. The molecular formula is C20H30N3O3+. The number of benzene rings is 1. The summed E-state index contributed by atoms with van der Waals surface area (Å²) in [4.78, 5) is 29.6. The minimum atomic E-state index is 0.0936. The van der Waals surface area contributed by atoms with Crippen molar-refractivity contribution in [2.45, 2.75) is 33.0 Å². The number of morpholine rings is 1. The van der Waals surface area contributed by atoms with Crippen molar-refractivity contribution < 1.29 is 19.2 Å². The van der Waals surface area contributed by atoms with Gasteiger partial charge in [0.1, 0.15) is 0 Å². The normalized spacial score (nSPS) is 24.6. The number of rotatable bonds is 4. The number of quaternary nitrogens is 1. The summed E-state index contributed by atoms with van der Waals surface area (Å²) >= 11 is 0. The van der Waals surface area contributed by atoms with E-state index in [0.29, 0.717) is 19.6 Å². The van der Waals surface area contributed by atoms with E-state index >= 15 is 0 Å². The highest BCUT2D eigenvalue weighted by molar-refractivity contribution is 5.94. The summed E-state index contributed by atoms with van der Waals surface area (Å²) in [5, 5.41) is 0. The summed E-state index contributed by atoms with van der Waals surface area (Å²) in [5.74, 6) is 0.331. The molecule has 1 aromatic rings. The van der Waals surface area contributed by atoms with Gasteiger partial charge in [-0.05, 0) is 45.0 Å². The van der Waals surface area contributed by atoms with Crippen LogP contribution in [0, 0.1) is 0 Å². The molecule has 1 N–H and O–H groups in total. The smallest absolute Gasteiger partial charge is 0.277 e. The Bertz CT molecular complexity index is 628. The molecule has 0 saturated carbocycles. The molecule has 2 fully saturated rings. The third kappa shape index (κ3) is 4.62. The molecule has 0 bridgehead atoms. The molecule has 1 amide bonds. The summed E-state index contributed by atoms with van der Waals surface area (Å²) in [6.07, 6.45) is 0.236. The number of ether oxygens (including phenoxy) is 1. The van der Waals surface area contributed by atoms with Crippen LogP contribution in [-0.4, -0.2) is 74.6 Å². The number of nitrogens with zero attached hydrogens (tertiary/aromatic N) is 2. The molecule has 3 rings (SSSR count). The summed E-state index contributed by atoms with van der Waals surface area (Å²) in [6.45, 7) is 11.4. The first kappa shape index (κ1) is 18.9. The largest absolute Gasteiger partial charge is 0.372 e. The zero-order chi connectivity index (χ0) is 18.7. The number of piperazine rings is 1. The van der Waals surface area contributed by atoms with E-state index in [1.807, 2.05) is 43.0 Å². The summed E-state index contributed by atoms with van der Waals surface area (Å²) < 4.78 is 5.71. The maximum atomic E-state index is 12.6. The number of carbonyl (C=O) groups is 2. The Balaban J connectivity index is 1.49. The van der Waals surface area contributed by atoms with Gasteiger partial charge in [-0.15, -0.1) is 0 Å². The van der Waals surface area contributed by atoms with Crippen LogP contribution in [0.25, 0.3) is 0 Å². The summed E-state index contributed by atoms with van der Waals surface area (Å²) in [6, 6.07) is 7.81. The zero-order valence-electron chi connectivity index (χ0n) is 16.0. The van der Waals surface area contributed by atoms with E-state index in [0.717, 1.165) is 37.4 Å². The van der Waals surface area contributed by atoms with Crippen LogP contribution in [-0.2, 0) is 9.53 Å². The van der Waals surface area contributed by atoms with Gasteiger partial charge in [-0.2, -0.15) is 0 Å². The van der Waals surface area contributed by atoms with Crippen LogP contribution in [0.15, 0.2) is 24.3 Å². The predicted molar refractivity (Wildman–Crippen MR) is 101 cm³/mol. The quantitative estimate of drug-likeness (QED) is 0.781. The Hall–Kier alpha value is -1.92. The molecule has 142 valence electrons. The SMILES string of the molecule is CC(=O)c1ccc(N2CC[NH+](CC(=O)N3C[C@@H](C)O[C@@H](C)C3)CC2)cc1. The number of hydrogen-bond acceptors (Lipinski definition) is 4. The average Bonchev–Trinajstić information content (AvgIpc) is 2.61. The lowest BCUT2D eigenvalue weighted by molar-refractivity contribution is -0.892. The molecule has 0 aromatic heterocycles. The van der Waals surface area contributed by atoms with Gasteiger partial charge in [0.25, 0.3) is 5.91 Å². The van der Waals surface area contributed by atoms with Crippen LogP contribution in [0.4, 0.5) is 5.69 Å². The van der Waals surface area contributed by atoms with E-state index in [1.165, 1.54) is 4.90 Å². The van der Waals surface area contributed by atoms with Crippen molar-refractivity contribution in [1.82, 2.24) is 4.90 Å². The fourth-order valence-electron chi connectivity index (χ4n) is 3.87. The van der Waals surface area contributed by atoms with Crippen LogP contribution < -0.4 is 9.80 Å². The van der Waals surface area contributed by atoms with Crippen LogP contribution >= 0.6 is 0 Å². The molecule has 26 heavy (non-hydrogen) atoms. The molecule has 6 heteroatoms. The second kappa shape index (κ2) is 8.18. The number of nitrogens with one attached hydrogen (secondary N) is 1. The lowest BCUT2D eigenvalue weighted by Gasteiger charge is -2.37. The van der Waals surface area contributed by atoms with Crippen molar-refractivity contribution in [3.8, 4) is 0 Å². The maximum absolute atomic E-state index is 12.6. The molecule has 0 radical (unpaired) electrons. The van der Waals surface area contributed by atoms with E-state index < -0.39 is 0 Å². The molecule has 2 heterocycles. The topological polar surface area (TPSA) is 54.3 Å². The Morgan fingerprint density at radius 1 is 1.08 bits per heavy atom. The van der Waals surface area contributed by atoms with Crippen molar-refractivity contribution in [2.75, 3.05) is 50.7 Å². The average molecular weight is 360 g/mol. The number of amides is 1. The zero-order valence-corrected chi connectivity index (χ0v) is 16.0. The lowest BCUT2D eigenvalue weighted by atomic mass is 10.1. The lowest BCUT2D eigenvalue weighted by Crippen LogP contribution is -3.16. The minimum Gasteiger partial charge on any atom is -0.372 e. The van der Waals surface area contributed by atoms with Crippen molar-refractivity contribution in [1.29, 1.82) is 0 Å². The molecule has 0 aliphatic carbocycles. The molecule has 1 aromatic carbocycles. The van der Waals surface area contributed by atoms with Crippen LogP contribution in [0.5, 0.6) is 0 Å². The van der Waals surface area contributed by atoms with E-state index in [-0.39, 0.29) is 23.9 Å². The number of Topliss-reactive ketones (excluding diaryl/α,β-unsaturated/α-hetero) is 1. The van der Waals surface area contributed by atoms with Crippen molar-refractivity contribution in [3.05, 3.63) is 29.8 Å². The first-order valence-electron chi connectivity index (χ1n) is 9.55. The maximum Gasteiger partial charge on any atom is 0.277 e. The van der Waals surface area contributed by atoms with Gasteiger partial charge in [-0.1, -0.05) is 0 Å². The van der Waals surface area contributed by atoms with E-state index in [9.17, 15) is 9.59 Å². The molecule has 0 unspecified atom stereocenters. The van der Waals surface area contributed by atoms with Gasteiger partial charge < -0.3 is 19.4 Å². The van der Waals surface area contributed by atoms with Crippen LogP contribution in [0.2, 0.25) is 0 Å². The Morgan fingerprint density at radius 3 is 2.19 bits per heavy atom. The van der Waals surface area contributed by atoms with Crippen molar-refractivity contribution in [3.63, 3.8) is 0 Å². The van der Waals surface area contributed by atoms with Gasteiger partial charge in [0.15, 0.2) is 12.3 Å². The summed E-state index contributed by atoms with van der Waals surface area (Å²) in [5.41, 5.74) is 1.90. The second-order valence-electron chi connectivity index (χ2n) is 7.57. The van der Waals surface area contributed by atoms with Crippen molar-refractivity contribution in [2.24, 2.45) is 0 Å². The fourth-order valence-corrected chi connectivity index (χ4v) is 3.87. The molecule has 6 nitrogen and oxygen atoms in total. The Labute approximate surface area is 155 Å². The van der Waals surface area contributed by atoms with Crippen LogP contribution in [0.3, 0.4) is 0 Å². The van der Waals surface area contributed by atoms with Gasteiger partial charge in [0, 0.05) is 24.3 Å². The van der Waals surface area contributed by atoms with Crippen molar-refractivity contribution >= 4 is 17.4 Å². The van der Waals surface area contributed by atoms with Gasteiger partial charge in [-0.3, -0.25) is 9.59 Å². The highest BCUT2D eigenvalue weighted by Crippen LogP contribution is 2.15. The van der Waals surface area contributed by atoms with Gasteiger partial charge >= 0.3 is 0 Å². The van der Waals surface area contributed by atoms with Crippen LogP contribution in [0.1, 0.15) is 31.1 Å². The van der Waals surface area contributed by atoms with E-state index in [1.54, 1.807) is 6.92 Å². The standard InChI is InChI=1S/C20H29N3O3/c1-15-12-23(13-16(2)26-15)20(25)14-21-8-10-22(11-9-21)19-6-4-18(5-7-19)17(3)24/h4-7,15-16H,8-14H2,1-3H3/p+1/t15-,16+. The summed E-state index contributed by atoms with van der Waals surface area (Å²) in [7, 11) is 0. The number of anilines is 1. The predicted octanol–water partition coefficient (Wildman–Crippen LogP) is 0.230. The number of carbonyl (C=O) groups excluding carboxylic acids is 2. The first-order valence-corrected chi connectivity index (χ1v) is 9.55. The molecule has 2 aliphatic heterocycles. The Morgan fingerprint density at radius 2 is 1.65 bits per heavy atom. The third-order valence-electron chi connectivity index (χ3n) is 5.28. The molecule has 0 spiro atoms. The number of hydrogen-bond donors (Lipinski definition) is 1. The minimum absolute atomic E-state index is 0.0936. The fraction of sp³-hybridized carbons (Fsp3) is 0.600. The highest BCUT2D eigenvalue weighted by atomic mass is 16.5. The Kier molecular flexibility index (Phi) is 5.94. The van der Waals surface area contributed by atoms with E-state index in [2.05, 4.69) is 4.90 Å². The van der Waals surface area contributed by atoms with Gasteiger partial charge in [0.05, 0.1) is 38.4 Å². The molecule has 2 atom stereocenters. The monoisotopic (exact) mass is 360 g/mol. The first-order chi connectivity index (χ1) is 12.4. The molecule has 2 saturated heterocycles. The van der Waals surface area contributed by atoms with Gasteiger partial charge in [0.2, 0.25) is 0 Å². The second-order valence-corrected chi connectivity index (χ2v) is 7.57. The molecular weight excluding hydrogens is 330 g/mol. The number of ketones is 1. The highest BCUT2D eigenvalue weighted by Gasteiger charge is 2.29. The molecule has 2 aliphatic rings.